The summed E-state index contributed by atoms with van der Waals surface area (Å²) in [5.74, 6) is 0.429. The average molecular weight is 304 g/mol. The van der Waals surface area contributed by atoms with Gasteiger partial charge in [-0.2, -0.15) is 4.98 Å². The third kappa shape index (κ3) is 2.60. The Hall–Kier alpha value is -2.40. The first kappa shape index (κ1) is 13.6. The van der Waals surface area contributed by atoms with Crippen LogP contribution in [-0.2, 0) is 0 Å². The fourth-order valence-electron chi connectivity index (χ4n) is 2.00. The predicted molar refractivity (Wildman–Crippen MR) is 79.3 cm³/mol. The molecule has 2 N–H and O–H groups in total. The van der Waals surface area contributed by atoms with Gasteiger partial charge in [0.1, 0.15) is 5.82 Å². The molecule has 0 aliphatic heterocycles. The van der Waals surface area contributed by atoms with Gasteiger partial charge in [0.05, 0.1) is 10.7 Å². The molecule has 0 aliphatic carbocycles. The molecule has 4 nitrogen and oxygen atoms in total. The molecule has 1 heterocycles. The highest BCUT2D eigenvalue weighted by Crippen LogP contribution is 2.28. The number of anilines is 1. The second-order valence-electron chi connectivity index (χ2n) is 4.62. The Morgan fingerprint density at radius 2 is 2.00 bits per heavy atom. The minimum atomic E-state index is -0.301. The fraction of sp³-hybridized carbons (Fsp3) is 0.0667. The SMILES string of the molecule is Cc1cc(F)ccc1-c1noc(-c2ccc(Cl)c(N)c2)n1. The molecule has 0 saturated carbocycles. The highest BCUT2D eigenvalue weighted by atomic mass is 35.5. The van der Waals surface area contributed by atoms with E-state index in [1.165, 1.54) is 12.1 Å². The molecule has 0 radical (unpaired) electrons. The summed E-state index contributed by atoms with van der Waals surface area (Å²) in [5.41, 5.74) is 8.32. The highest BCUT2D eigenvalue weighted by Gasteiger charge is 2.13. The van der Waals surface area contributed by atoms with Crippen LogP contribution in [0.5, 0.6) is 0 Å². The first-order chi connectivity index (χ1) is 10.0. The van der Waals surface area contributed by atoms with E-state index in [0.717, 1.165) is 5.56 Å². The maximum atomic E-state index is 13.1. The molecule has 1 aromatic heterocycles. The first-order valence-electron chi connectivity index (χ1n) is 6.20. The van der Waals surface area contributed by atoms with Crippen molar-refractivity contribution in [3.05, 3.63) is 52.8 Å². The summed E-state index contributed by atoms with van der Waals surface area (Å²) in [6.45, 7) is 1.79. The van der Waals surface area contributed by atoms with Crippen molar-refractivity contribution in [3.63, 3.8) is 0 Å². The van der Waals surface area contributed by atoms with Crippen molar-refractivity contribution < 1.29 is 8.91 Å². The van der Waals surface area contributed by atoms with E-state index >= 15 is 0 Å². The summed E-state index contributed by atoms with van der Waals surface area (Å²) in [4.78, 5) is 4.31. The molecule has 0 bridgehead atoms. The number of nitrogens with two attached hydrogens (primary N) is 1. The third-order valence-corrected chi connectivity index (χ3v) is 3.44. The van der Waals surface area contributed by atoms with Crippen molar-refractivity contribution in [2.45, 2.75) is 6.92 Å². The molecule has 0 saturated heterocycles. The molecule has 21 heavy (non-hydrogen) atoms. The fourth-order valence-corrected chi connectivity index (χ4v) is 2.12. The van der Waals surface area contributed by atoms with Gasteiger partial charge >= 0.3 is 0 Å². The molecular formula is C15H11ClFN3O. The molecule has 0 atom stereocenters. The second kappa shape index (κ2) is 5.18. The van der Waals surface area contributed by atoms with Crippen LogP contribution in [0.15, 0.2) is 40.9 Å². The van der Waals surface area contributed by atoms with Crippen LogP contribution < -0.4 is 5.73 Å². The number of halogens is 2. The number of aromatic nitrogens is 2. The Morgan fingerprint density at radius 3 is 2.71 bits per heavy atom. The molecular weight excluding hydrogens is 293 g/mol. The van der Waals surface area contributed by atoms with Gasteiger partial charge in [0.2, 0.25) is 5.82 Å². The lowest BCUT2D eigenvalue weighted by Crippen LogP contribution is -1.88. The Bertz CT molecular complexity index is 816. The lowest BCUT2D eigenvalue weighted by Gasteiger charge is -2.00. The Kier molecular flexibility index (Phi) is 3.35. The number of aryl methyl sites for hydroxylation is 1. The van der Waals surface area contributed by atoms with Gasteiger partial charge in [0.15, 0.2) is 0 Å². The predicted octanol–water partition coefficient (Wildman–Crippen LogP) is 4.09. The van der Waals surface area contributed by atoms with Crippen molar-refractivity contribution >= 4 is 17.3 Å². The van der Waals surface area contributed by atoms with Crippen molar-refractivity contribution in [2.75, 3.05) is 5.73 Å². The zero-order chi connectivity index (χ0) is 15.0. The van der Waals surface area contributed by atoms with Gasteiger partial charge in [-0.1, -0.05) is 16.8 Å². The second-order valence-corrected chi connectivity index (χ2v) is 5.03. The first-order valence-corrected chi connectivity index (χ1v) is 6.58. The third-order valence-electron chi connectivity index (χ3n) is 3.10. The number of benzene rings is 2. The number of hydrogen-bond donors (Lipinski definition) is 1. The van der Waals surface area contributed by atoms with Crippen LogP contribution in [0.25, 0.3) is 22.8 Å². The molecule has 2 aromatic carbocycles. The van der Waals surface area contributed by atoms with E-state index in [4.69, 9.17) is 21.9 Å². The van der Waals surface area contributed by atoms with Crippen LogP contribution in [0.1, 0.15) is 5.56 Å². The van der Waals surface area contributed by atoms with Crippen LogP contribution in [0.3, 0.4) is 0 Å². The number of nitrogen functional groups attached to an aromatic ring is 1. The molecule has 0 unspecified atom stereocenters. The largest absolute Gasteiger partial charge is 0.398 e. The molecule has 0 fully saturated rings. The Labute approximate surface area is 125 Å². The maximum Gasteiger partial charge on any atom is 0.258 e. The molecule has 0 amide bonds. The molecule has 0 spiro atoms. The van der Waals surface area contributed by atoms with Crippen LogP contribution in [0, 0.1) is 12.7 Å². The smallest absolute Gasteiger partial charge is 0.258 e. The maximum absolute atomic E-state index is 13.1. The lowest BCUT2D eigenvalue weighted by atomic mass is 10.1. The topological polar surface area (TPSA) is 64.9 Å². The summed E-state index contributed by atoms with van der Waals surface area (Å²) < 4.78 is 18.4. The van der Waals surface area contributed by atoms with Crippen LogP contribution in [0.4, 0.5) is 10.1 Å². The van der Waals surface area contributed by atoms with Crippen LogP contribution in [0.2, 0.25) is 5.02 Å². The highest BCUT2D eigenvalue weighted by molar-refractivity contribution is 6.33. The van der Waals surface area contributed by atoms with Crippen molar-refractivity contribution in [1.82, 2.24) is 10.1 Å². The monoisotopic (exact) mass is 303 g/mol. The quantitative estimate of drug-likeness (QED) is 0.724. The zero-order valence-electron chi connectivity index (χ0n) is 11.1. The van der Waals surface area contributed by atoms with E-state index in [-0.39, 0.29) is 5.82 Å². The summed E-state index contributed by atoms with van der Waals surface area (Å²) in [5, 5.41) is 4.39. The number of rotatable bonds is 2. The molecule has 3 aromatic rings. The number of hydrogen-bond acceptors (Lipinski definition) is 4. The average Bonchev–Trinajstić information content (AvgIpc) is 2.91. The van der Waals surface area contributed by atoms with Gasteiger partial charge in [-0.25, -0.2) is 4.39 Å². The van der Waals surface area contributed by atoms with E-state index in [0.29, 0.717) is 33.6 Å². The molecule has 0 aliphatic rings. The summed E-state index contributed by atoms with van der Waals surface area (Å²) in [6, 6.07) is 9.48. The van der Waals surface area contributed by atoms with E-state index in [2.05, 4.69) is 10.1 Å². The summed E-state index contributed by atoms with van der Waals surface area (Å²) in [6.07, 6.45) is 0. The molecule has 106 valence electrons. The van der Waals surface area contributed by atoms with Crippen molar-refractivity contribution in [1.29, 1.82) is 0 Å². The standard InChI is InChI=1S/C15H11ClFN3O/c1-8-6-10(17)3-4-11(8)14-19-15(21-20-14)9-2-5-12(16)13(18)7-9/h2-7H,18H2,1H3. The van der Waals surface area contributed by atoms with Gasteiger partial charge in [0, 0.05) is 11.1 Å². The summed E-state index contributed by atoms with van der Waals surface area (Å²) >= 11 is 5.88. The minimum Gasteiger partial charge on any atom is -0.398 e. The minimum absolute atomic E-state index is 0.301. The number of nitrogens with zero attached hydrogens (tertiary/aromatic N) is 2. The summed E-state index contributed by atoms with van der Waals surface area (Å²) in [7, 11) is 0. The van der Waals surface area contributed by atoms with Gasteiger partial charge < -0.3 is 10.3 Å². The van der Waals surface area contributed by atoms with Crippen molar-refractivity contribution in [3.8, 4) is 22.8 Å². The van der Waals surface area contributed by atoms with E-state index in [9.17, 15) is 4.39 Å². The van der Waals surface area contributed by atoms with Gasteiger partial charge in [-0.15, -0.1) is 0 Å². The molecule has 6 heteroatoms. The Morgan fingerprint density at radius 1 is 1.19 bits per heavy atom. The molecule has 3 rings (SSSR count). The van der Waals surface area contributed by atoms with Gasteiger partial charge in [-0.05, 0) is 48.9 Å². The van der Waals surface area contributed by atoms with Crippen molar-refractivity contribution in [2.24, 2.45) is 0 Å². The van der Waals surface area contributed by atoms with Crippen LogP contribution >= 0.6 is 11.6 Å². The van der Waals surface area contributed by atoms with E-state index < -0.39 is 0 Å². The van der Waals surface area contributed by atoms with E-state index in [1.54, 1.807) is 31.2 Å². The van der Waals surface area contributed by atoms with E-state index in [1.807, 2.05) is 0 Å². The van der Waals surface area contributed by atoms with Crippen LogP contribution in [-0.4, -0.2) is 10.1 Å². The van der Waals surface area contributed by atoms with Gasteiger partial charge in [0.25, 0.3) is 5.89 Å². The lowest BCUT2D eigenvalue weighted by molar-refractivity contribution is 0.432. The normalized spacial score (nSPS) is 10.8. The van der Waals surface area contributed by atoms with Gasteiger partial charge in [-0.3, -0.25) is 0 Å². The zero-order valence-corrected chi connectivity index (χ0v) is 11.9. The Balaban J connectivity index is 2.01.